The van der Waals surface area contributed by atoms with E-state index in [1.54, 1.807) is 24.3 Å². The maximum absolute atomic E-state index is 14.5. The molecule has 0 aliphatic heterocycles. The Morgan fingerprint density at radius 1 is 0.413 bits per heavy atom. The highest BCUT2D eigenvalue weighted by Gasteiger charge is 2.74. The summed E-state index contributed by atoms with van der Waals surface area (Å²) >= 11 is 5.18. The second kappa shape index (κ2) is 22.9. The Labute approximate surface area is 419 Å². The average Bonchev–Trinajstić information content (AvgIpc) is 3.27. The summed E-state index contributed by atoms with van der Waals surface area (Å²) in [5.41, 5.74) is -8.48. The van der Waals surface area contributed by atoms with E-state index in [0.717, 1.165) is 39.8 Å². The molecule has 400 valence electrons. The molecule has 6 aromatic carbocycles. The van der Waals surface area contributed by atoms with Gasteiger partial charge in [-0.3, -0.25) is 19.2 Å². The molecule has 0 aromatic heterocycles. The molecule has 0 unspecified atom stereocenters. The Balaban J connectivity index is 0.000000269. The minimum absolute atomic E-state index is 0.134. The van der Waals surface area contributed by atoms with Crippen molar-refractivity contribution in [1.82, 2.24) is 0 Å². The lowest BCUT2D eigenvalue weighted by molar-refractivity contribution is -0.349. The number of aryl methyl sites for hydroxylation is 4. The van der Waals surface area contributed by atoms with Crippen LogP contribution in [-0.2, 0) is 11.3 Å². The number of benzene rings is 6. The molecule has 0 bridgehead atoms. The maximum atomic E-state index is 14.5. The predicted molar refractivity (Wildman–Crippen MR) is 246 cm³/mol. The SMILES string of the molecule is Cc1cc(C(F)(C(F)(F)F)C(F)(F)F)cc(C)c1C(=O)Cl.Cc1cc(C(F)(C(F)(F)F)C(F)(F)F)cc(C)c1C(=O)Nc1cccc(NC(=O)c2ccc(F)cc2)c1.Nc1cccc(NC(=O)c2ccc(F)cc2)c1. The Kier molecular flexibility index (Phi) is 18.3. The predicted octanol–water partition coefficient (Wildman–Crippen LogP) is 14.9. The van der Waals surface area contributed by atoms with Crippen molar-refractivity contribution in [3.63, 3.8) is 0 Å². The number of amides is 3. The molecule has 0 aliphatic carbocycles. The second-order valence-electron chi connectivity index (χ2n) is 16.1. The van der Waals surface area contributed by atoms with Crippen molar-refractivity contribution in [3.05, 3.63) is 189 Å². The molecule has 0 spiro atoms. The Morgan fingerprint density at radius 2 is 0.707 bits per heavy atom. The molecule has 0 saturated heterocycles. The summed E-state index contributed by atoms with van der Waals surface area (Å²) in [5.74, 6) is -2.66. The number of hydrogen-bond donors (Lipinski definition) is 4. The molecule has 3 amide bonds. The number of nitrogens with two attached hydrogens (primary N) is 1. The van der Waals surface area contributed by atoms with Gasteiger partial charge in [-0.1, -0.05) is 36.4 Å². The fourth-order valence-electron chi connectivity index (χ4n) is 7.06. The fourth-order valence-corrected chi connectivity index (χ4v) is 7.36. The molecule has 0 heterocycles. The highest BCUT2D eigenvalue weighted by Crippen LogP contribution is 2.55. The van der Waals surface area contributed by atoms with Crippen molar-refractivity contribution in [1.29, 1.82) is 0 Å². The van der Waals surface area contributed by atoms with E-state index >= 15 is 0 Å². The van der Waals surface area contributed by atoms with E-state index in [1.807, 2.05) is 0 Å². The quantitative estimate of drug-likeness (QED) is 0.0651. The molecule has 0 fully saturated rings. The van der Waals surface area contributed by atoms with Crippen LogP contribution in [0.15, 0.2) is 121 Å². The molecule has 75 heavy (non-hydrogen) atoms. The van der Waals surface area contributed by atoms with E-state index in [1.165, 1.54) is 60.7 Å². The van der Waals surface area contributed by atoms with E-state index in [4.69, 9.17) is 17.3 Å². The monoisotopic (exact) mass is 1100 g/mol. The zero-order valence-corrected chi connectivity index (χ0v) is 39.4. The normalized spacial score (nSPS) is 12.1. The van der Waals surface area contributed by atoms with Gasteiger partial charge >= 0.3 is 36.0 Å². The summed E-state index contributed by atoms with van der Waals surface area (Å²) in [7, 11) is 0. The minimum atomic E-state index is -6.29. The number of anilines is 4. The van der Waals surface area contributed by atoms with Crippen LogP contribution in [0.5, 0.6) is 0 Å². The summed E-state index contributed by atoms with van der Waals surface area (Å²) in [5, 5.41) is 6.60. The molecular formula is C50H37ClF16N4O4. The summed E-state index contributed by atoms with van der Waals surface area (Å²) in [6.45, 7) is 4.30. The van der Waals surface area contributed by atoms with Crippen LogP contribution in [0, 0.1) is 39.3 Å². The first-order chi connectivity index (χ1) is 34.4. The molecule has 6 rings (SSSR count). The largest absolute Gasteiger partial charge is 0.435 e. The van der Waals surface area contributed by atoms with Gasteiger partial charge in [0.2, 0.25) is 0 Å². The smallest absolute Gasteiger partial charge is 0.399 e. The number of alkyl halides is 14. The standard InChI is InChI=1S/C25H18F8N2O2.C13H11FN2O.C12H8ClF7O/c1-13-10-16(23(27,24(28,29)30)25(31,32)33)11-14(2)20(13)22(37)35-19-5-3-4-18(12-19)34-21(36)15-6-8-17(26)9-7-15;14-10-6-4-9(5-7-10)13(17)16-12-3-1-2-11(15)8-12;1-5-3-7(4-6(2)8(5)9(13)21)10(14,11(15,16)17)12(18,19)20/h3-12H,1-2H3,(H,34,36)(H,35,37);1-8H,15H2,(H,16,17);3-4H,1-2H3. The number of rotatable bonds is 9. The zero-order chi connectivity index (χ0) is 56.8. The van der Waals surface area contributed by atoms with Crippen molar-refractivity contribution >= 4 is 57.3 Å². The molecule has 25 heteroatoms. The van der Waals surface area contributed by atoms with Gasteiger partial charge in [0.25, 0.3) is 23.0 Å². The number of carbonyl (C=O) groups excluding carboxylic acids is 4. The molecule has 0 atom stereocenters. The van der Waals surface area contributed by atoms with Gasteiger partial charge in [0.15, 0.2) is 0 Å². The van der Waals surface area contributed by atoms with Crippen molar-refractivity contribution < 1.29 is 89.4 Å². The van der Waals surface area contributed by atoms with Gasteiger partial charge in [0, 0.05) is 56.1 Å². The van der Waals surface area contributed by atoms with Gasteiger partial charge in [-0.05, 0) is 146 Å². The van der Waals surface area contributed by atoms with E-state index in [-0.39, 0.29) is 62.0 Å². The van der Waals surface area contributed by atoms with Gasteiger partial charge in [-0.15, -0.1) is 0 Å². The van der Waals surface area contributed by atoms with Crippen LogP contribution in [-0.4, -0.2) is 47.7 Å². The lowest BCUT2D eigenvalue weighted by Gasteiger charge is -2.31. The van der Waals surface area contributed by atoms with Crippen molar-refractivity contribution in [2.24, 2.45) is 0 Å². The summed E-state index contributed by atoms with van der Waals surface area (Å²) in [6.07, 6.45) is -25.0. The topological polar surface area (TPSA) is 130 Å². The molecule has 0 saturated carbocycles. The first kappa shape index (κ1) is 59.9. The zero-order valence-electron chi connectivity index (χ0n) is 38.7. The van der Waals surface area contributed by atoms with Crippen LogP contribution in [0.3, 0.4) is 0 Å². The number of carbonyl (C=O) groups is 4. The second-order valence-corrected chi connectivity index (χ2v) is 16.5. The molecule has 6 aromatic rings. The van der Waals surface area contributed by atoms with Gasteiger partial charge < -0.3 is 21.7 Å². The van der Waals surface area contributed by atoms with Crippen molar-refractivity contribution in [2.75, 3.05) is 21.7 Å². The van der Waals surface area contributed by atoms with Gasteiger partial charge in [-0.2, -0.15) is 52.7 Å². The van der Waals surface area contributed by atoms with Gasteiger partial charge in [0.1, 0.15) is 11.6 Å². The van der Waals surface area contributed by atoms with E-state index in [0.29, 0.717) is 41.2 Å². The lowest BCUT2D eigenvalue weighted by Crippen LogP contribution is -2.50. The Hall–Kier alpha value is -7.63. The lowest BCUT2D eigenvalue weighted by atomic mass is 9.88. The maximum Gasteiger partial charge on any atom is 0.435 e. The van der Waals surface area contributed by atoms with E-state index in [9.17, 15) is 89.4 Å². The van der Waals surface area contributed by atoms with Crippen LogP contribution < -0.4 is 21.7 Å². The van der Waals surface area contributed by atoms with E-state index < -0.39 is 70.0 Å². The van der Waals surface area contributed by atoms with Gasteiger partial charge in [0.05, 0.1) is 0 Å². The highest BCUT2D eigenvalue weighted by molar-refractivity contribution is 6.68. The number of nitrogens with one attached hydrogen (secondary N) is 3. The van der Waals surface area contributed by atoms with E-state index in [2.05, 4.69) is 16.0 Å². The highest BCUT2D eigenvalue weighted by atomic mass is 35.5. The number of halogens is 17. The minimum Gasteiger partial charge on any atom is -0.399 e. The van der Waals surface area contributed by atoms with Crippen LogP contribution in [0.2, 0.25) is 0 Å². The Bertz CT molecular complexity index is 2990. The number of hydrogen-bond acceptors (Lipinski definition) is 5. The van der Waals surface area contributed by atoms with Crippen molar-refractivity contribution in [2.45, 2.75) is 63.7 Å². The summed E-state index contributed by atoms with van der Waals surface area (Å²) < 4.78 is 209. The molecule has 5 N–H and O–H groups in total. The van der Waals surface area contributed by atoms with Crippen LogP contribution in [0.25, 0.3) is 0 Å². The third-order valence-corrected chi connectivity index (χ3v) is 10.8. The average molecular weight is 1100 g/mol. The third kappa shape index (κ3) is 14.0. The first-order valence-corrected chi connectivity index (χ1v) is 21.3. The van der Waals surface area contributed by atoms with Gasteiger partial charge in [-0.25, -0.2) is 17.6 Å². The molecule has 8 nitrogen and oxygen atoms in total. The summed E-state index contributed by atoms with van der Waals surface area (Å²) in [4.78, 5) is 48.0. The molecule has 0 radical (unpaired) electrons. The Morgan fingerprint density at radius 3 is 1.01 bits per heavy atom. The van der Waals surface area contributed by atoms with Crippen molar-refractivity contribution in [3.8, 4) is 0 Å². The van der Waals surface area contributed by atoms with Crippen LogP contribution in [0.1, 0.15) is 74.8 Å². The fraction of sp³-hybridized carbons (Fsp3) is 0.200. The van der Waals surface area contributed by atoms with Crippen LogP contribution >= 0.6 is 11.6 Å². The van der Waals surface area contributed by atoms with Crippen LogP contribution in [0.4, 0.5) is 93.0 Å². The molecular weight excluding hydrogens is 1060 g/mol. The summed E-state index contributed by atoms with van der Waals surface area (Å²) in [6, 6.07) is 23.9. The number of nitrogen functional groups attached to an aromatic ring is 1. The third-order valence-electron chi connectivity index (χ3n) is 10.6. The first-order valence-electron chi connectivity index (χ1n) is 20.9. The molecule has 0 aliphatic rings.